The SMILES string of the molecule is COc1cc(-c2c(Cl)cc(Cl)c[n+]2C)c(C)o1.COc1ccc(-c2cccc[n+]2C)c(C)c1.Cc1cc(C#N)sc1-c1cc(COC=O)cc[n+]1C.Cc1cc2occc2cc1-c1cc(F)cc[n+]1C.Cc1ccccc1-c1cc(-c2ccccc2)cc[n+]1C. The van der Waals surface area contributed by atoms with Gasteiger partial charge in [-0.05, 0) is 129 Å². The highest BCUT2D eigenvalue weighted by Crippen LogP contribution is 2.35. The number of fused-ring (bicyclic) bond motifs is 1. The van der Waals surface area contributed by atoms with E-state index in [1.807, 2.05) is 116 Å². The fraction of sp³-hybridized carbons (Fsp3) is 0.176. The van der Waals surface area contributed by atoms with Crippen molar-refractivity contribution in [2.24, 2.45) is 35.2 Å². The van der Waals surface area contributed by atoms with Gasteiger partial charge in [-0.1, -0.05) is 71.7 Å². The maximum atomic E-state index is 13.4. The van der Waals surface area contributed by atoms with Crippen LogP contribution in [-0.4, -0.2) is 20.7 Å². The molecule has 12 aromatic rings. The molecule has 0 saturated heterocycles. The fourth-order valence-electron chi connectivity index (χ4n) is 10.2. The minimum absolute atomic E-state index is 0.227. The molecule has 0 aliphatic heterocycles. The molecule has 0 radical (unpaired) electrons. The standard InChI is InChI=1S/C19H18N.C15H13FNO.C14H13N2O2S.C14H16NO.C12H12Cl2NO2/c1-15-8-6-7-11-18(15)19-14-17(12-13-20(19)2)16-9-4-3-5-10-16;1-10-7-15-11(4-6-18-15)8-13(10)14-9-12(16)3-5-17(14)2;1-10-5-12(7-15)19-14(10)13-6-11(8-18-9-17)3-4-16(13)2;1-11-10-12(16-3)7-8-13(11)14-6-4-5-9-15(14)2;1-7-9(5-11(16-3)17-7)12-10(14)4-8(13)6-15(12)2/h3-14H,1-2H3;3-9H,1-2H3;3-6,9H,8H2,1-2H3;4-10H,1-3H3;4-6H,1-3H3/q5*+1. The van der Waals surface area contributed by atoms with Crippen LogP contribution in [0.2, 0.25) is 10.0 Å². The number of hydrogen-bond acceptors (Lipinski definition) is 8. The number of hydrogen-bond donors (Lipinski definition) is 0. The Hall–Kier alpha value is -9.78. The van der Waals surface area contributed by atoms with Gasteiger partial charge in [-0.2, -0.15) is 9.83 Å². The fourth-order valence-corrected chi connectivity index (χ4v) is 11.9. The van der Waals surface area contributed by atoms with E-state index in [2.05, 4.69) is 147 Å². The average molecular weight is 1260 g/mol. The molecule has 12 rings (SSSR count). The largest absolute Gasteiger partial charge is 0.497 e. The molecule has 0 N–H and O–H groups in total. The van der Waals surface area contributed by atoms with Crippen LogP contribution in [0.4, 0.5) is 4.39 Å². The third-order valence-electron chi connectivity index (χ3n) is 14.9. The molecule has 8 aromatic heterocycles. The summed E-state index contributed by atoms with van der Waals surface area (Å²) in [5, 5.41) is 11.2. The van der Waals surface area contributed by atoms with Crippen molar-refractivity contribution >= 4 is 52.0 Å². The lowest BCUT2D eigenvalue weighted by atomic mass is 10.0. The van der Waals surface area contributed by atoms with Crippen molar-refractivity contribution in [3.63, 3.8) is 0 Å². The first-order chi connectivity index (χ1) is 43.3. The highest BCUT2D eigenvalue weighted by atomic mass is 35.5. The van der Waals surface area contributed by atoms with Crippen LogP contribution in [0, 0.1) is 51.8 Å². The monoisotopic (exact) mass is 1260 g/mol. The van der Waals surface area contributed by atoms with E-state index in [0.29, 0.717) is 27.3 Å². The van der Waals surface area contributed by atoms with E-state index in [1.165, 1.54) is 62.2 Å². The molecule has 16 heteroatoms. The third-order valence-corrected chi connectivity index (χ3v) is 16.6. The summed E-state index contributed by atoms with van der Waals surface area (Å²) >= 11 is 13.6. The van der Waals surface area contributed by atoms with E-state index in [9.17, 15) is 9.18 Å². The number of halogens is 3. The molecular formula is C74H72Cl2FN6O6S+5. The Labute approximate surface area is 539 Å². The lowest BCUT2D eigenvalue weighted by Gasteiger charge is -2.06. The topological polar surface area (TPSA) is 114 Å². The number of nitrogens with zero attached hydrogens (tertiary/aromatic N) is 6. The van der Waals surface area contributed by atoms with E-state index in [0.717, 1.165) is 72.3 Å². The molecule has 0 atom stereocenters. The molecule has 4 aromatic carbocycles. The minimum Gasteiger partial charge on any atom is -0.497 e. The first-order valence-corrected chi connectivity index (χ1v) is 30.3. The Balaban J connectivity index is 0.000000146. The maximum Gasteiger partial charge on any atom is 0.293 e. The number of nitriles is 1. The van der Waals surface area contributed by atoms with Gasteiger partial charge in [-0.15, -0.1) is 11.3 Å². The zero-order valence-corrected chi connectivity index (χ0v) is 54.8. The summed E-state index contributed by atoms with van der Waals surface area (Å²) in [6.07, 6.45) is 11.3. The molecule has 456 valence electrons. The van der Waals surface area contributed by atoms with Gasteiger partial charge in [0.05, 0.1) is 31.6 Å². The number of thiophene rings is 1. The van der Waals surface area contributed by atoms with Crippen LogP contribution in [0.15, 0.2) is 210 Å². The molecule has 90 heavy (non-hydrogen) atoms. The Morgan fingerprint density at radius 1 is 0.578 bits per heavy atom. The van der Waals surface area contributed by atoms with E-state index >= 15 is 0 Å². The van der Waals surface area contributed by atoms with Gasteiger partial charge in [0.15, 0.2) is 31.0 Å². The van der Waals surface area contributed by atoms with Crippen molar-refractivity contribution in [3.8, 4) is 84.5 Å². The Bertz CT molecular complexity index is 4490. The first kappa shape index (κ1) is 66.2. The normalized spacial score (nSPS) is 10.5. The predicted octanol–water partition coefficient (Wildman–Crippen LogP) is 15.5. The third kappa shape index (κ3) is 16.5. The van der Waals surface area contributed by atoms with E-state index < -0.39 is 0 Å². The van der Waals surface area contributed by atoms with Crippen LogP contribution in [0.1, 0.15) is 38.5 Å². The zero-order valence-electron chi connectivity index (χ0n) is 52.5. The van der Waals surface area contributed by atoms with Gasteiger partial charge in [0, 0.05) is 76.7 Å². The number of carbonyl (C=O) groups is 1. The zero-order chi connectivity index (χ0) is 64.6. The lowest BCUT2D eigenvalue weighted by Crippen LogP contribution is -2.31. The van der Waals surface area contributed by atoms with Crippen LogP contribution in [-0.2, 0) is 51.4 Å². The first-order valence-electron chi connectivity index (χ1n) is 28.7. The highest BCUT2D eigenvalue weighted by Gasteiger charge is 2.23. The van der Waals surface area contributed by atoms with Crippen molar-refractivity contribution < 1.29 is 55.1 Å². The van der Waals surface area contributed by atoms with Gasteiger partial charge in [-0.25, -0.2) is 22.7 Å². The minimum atomic E-state index is -0.227. The second kappa shape index (κ2) is 30.9. The van der Waals surface area contributed by atoms with Crippen molar-refractivity contribution in [1.29, 1.82) is 5.26 Å². The molecule has 0 bridgehead atoms. The van der Waals surface area contributed by atoms with Crippen molar-refractivity contribution in [2.75, 3.05) is 14.2 Å². The molecule has 8 heterocycles. The molecule has 0 spiro atoms. The Morgan fingerprint density at radius 2 is 1.24 bits per heavy atom. The number of aromatic nitrogens is 5. The number of pyridine rings is 5. The number of furan rings is 2. The molecule has 0 aliphatic rings. The van der Waals surface area contributed by atoms with E-state index in [1.54, 1.807) is 45.0 Å². The Morgan fingerprint density at radius 3 is 1.91 bits per heavy atom. The molecule has 0 fully saturated rings. The summed E-state index contributed by atoms with van der Waals surface area (Å²) in [7, 11) is 13.1. The summed E-state index contributed by atoms with van der Waals surface area (Å²) < 4.78 is 49.3. The van der Waals surface area contributed by atoms with Gasteiger partial charge in [-0.3, -0.25) is 4.79 Å². The number of benzene rings is 4. The van der Waals surface area contributed by atoms with Crippen LogP contribution >= 0.6 is 34.5 Å². The number of carbonyl (C=O) groups excluding carboxylic acids is 1. The number of ether oxygens (including phenoxy) is 3. The van der Waals surface area contributed by atoms with Crippen molar-refractivity contribution in [3.05, 3.63) is 255 Å². The summed E-state index contributed by atoms with van der Waals surface area (Å²) in [6, 6.07) is 56.2. The molecule has 0 unspecified atom stereocenters. The van der Waals surface area contributed by atoms with Gasteiger partial charge < -0.3 is 23.0 Å². The van der Waals surface area contributed by atoms with Crippen molar-refractivity contribution in [1.82, 2.24) is 0 Å². The average Bonchev–Trinajstić information content (AvgIpc) is 1.73. The summed E-state index contributed by atoms with van der Waals surface area (Å²) in [5.74, 6) is 1.89. The van der Waals surface area contributed by atoms with E-state index in [-0.39, 0.29) is 12.4 Å². The highest BCUT2D eigenvalue weighted by molar-refractivity contribution is 7.16. The predicted molar refractivity (Wildman–Crippen MR) is 353 cm³/mol. The van der Waals surface area contributed by atoms with Crippen LogP contribution in [0.3, 0.4) is 0 Å². The molecule has 0 saturated carbocycles. The summed E-state index contributed by atoms with van der Waals surface area (Å²) in [6.45, 7) is 10.8. The maximum absolute atomic E-state index is 13.4. The lowest BCUT2D eigenvalue weighted by molar-refractivity contribution is -0.660. The van der Waals surface area contributed by atoms with Gasteiger partial charge in [0.2, 0.25) is 28.5 Å². The smallest absolute Gasteiger partial charge is 0.293 e. The molecule has 12 nitrogen and oxygen atoms in total. The Kier molecular flexibility index (Phi) is 22.7. The molecular weight excluding hydrogens is 1190 g/mol. The van der Waals surface area contributed by atoms with Crippen LogP contribution in [0.5, 0.6) is 11.7 Å². The quantitative estimate of drug-likeness (QED) is 0.0936. The summed E-state index contributed by atoms with van der Waals surface area (Å²) in [4.78, 5) is 12.0. The van der Waals surface area contributed by atoms with Crippen molar-refractivity contribution in [2.45, 2.75) is 41.2 Å². The molecule has 0 aliphatic carbocycles. The second-order valence-electron chi connectivity index (χ2n) is 21.3. The number of aryl methyl sites for hydroxylation is 10. The van der Waals surface area contributed by atoms with Gasteiger partial charge in [0.25, 0.3) is 12.4 Å². The van der Waals surface area contributed by atoms with Gasteiger partial charge in [0.1, 0.15) is 90.6 Å². The van der Waals surface area contributed by atoms with Crippen LogP contribution in [0.25, 0.3) is 77.7 Å². The van der Waals surface area contributed by atoms with E-state index in [4.69, 9.17) is 51.5 Å². The summed E-state index contributed by atoms with van der Waals surface area (Å²) in [5.41, 5.74) is 18.6. The number of methoxy groups -OCH3 is 2. The van der Waals surface area contributed by atoms with Gasteiger partial charge >= 0.3 is 0 Å². The number of rotatable bonds is 11. The molecule has 0 amide bonds. The second-order valence-corrected chi connectivity index (χ2v) is 23.2. The van der Waals surface area contributed by atoms with Crippen LogP contribution < -0.4 is 32.3 Å².